The third-order valence-corrected chi connectivity index (χ3v) is 6.78. The molecule has 29 heavy (non-hydrogen) atoms. The fourth-order valence-corrected chi connectivity index (χ4v) is 5.29. The van der Waals surface area contributed by atoms with Gasteiger partial charge in [-0.1, -0.05) is 0 Å². The lowest BCUT2D eigenvalue weighted by atomic mass is 10.0. The molecule has 2 N–H and O–H groups in total. The average Bonchev–Trinajstić information content (AvgIpc) is 3.32. The van der Waals surface area contributed by atoms with Gasteiger partial charge in [0.1, 0.15) is 22.3 Å². The fraction of sp³-hybridized carbons (Fsp3) is 0.318. The lowest BCUT2D eigenvalue weighted by Crippen LogP contribution is -2.39. The maximum Gasteiger partial charge on any atom is 0.256 e. The second kappa shape index (κ2) is 7.00. The number of halogens is 1. The summed E-state index contributed by atoms with van der Waals surface area (Å²) in [4.78, 5) is 16.6. The van der Waals surface area contributed by atoms with Gasteiger partial charge in [-0.2, -0.15) is 0 Å². The van der Waals surface area contributed by atoms with Gasteiger partial charge in [-0.15, -0.1) is 11.3 Å². The van der Waals surface area contributed by atoms with Gasteiger partial charge in [0.2, 0.25) is 0 Å². The highest BCUT2D eigenvalue weighted by atomic mass is 32.1. The van der Waals surface area contributed by atoms with Crippen molar-refractivity contribution in [3.05, 3.63) is 64.0 Å². The van der Waals surface area contributed by atoms with Crippen LogP contribution in [0.1, 0.15) is 46.6 Å². The minimum absolute atomic E-state index is 0.0565. The van der Waals surface area contributed by atoms with Crippen LogP contribution in [0.3, 0.4) is 0 Å². The van der Waals surface area contributed by atoms with Gasteiger partial charge < -0.3 is 15.1 Å². The summed E-state index contributed by atoms with van der Waals surface area (Å²) in [6.07, 6.45) is 0.472. The largest absolute Gasteiger partial charge is 0.457 e. The van der Waals surface area contributed by atoms with E-state index in [-0.39, 0.29) is 11.7 Å². The van der Waals surface area contributed by atoms with E-state index in [1.807, 2.05) is 12.1 Å². The lowest BCUT2D eigenvalue weighted by molar-refractivity contribution is 0.0930. The molecule has 2 aliphatic rings. The summed E-state index contributed by atoms with van der Waals surface area (Å²) in [5, 5.41) is 7.37. The van der Waals surface area contributed by atoms with Crippen molar-refractivity contribution in [2.75, 3.05) is 11.9 Å². The normalized spacial score (nSPS) is 18.9. The third kappa shape index (κ3) is 3.24. The second-order valence-corrected chi connectivity index (χ2v) is 8.89. The zero-order valence-corrected chi connectivity index (χ0v) is 17.1. The Morgan fingerprint density at radius 1 is 1.17 bits per heavy atom. The molecular weight excluding hydrogens is 389 g/mol. The van der Waals surface area contributed by atoms with Gasteiger partial charge >= 0.3 is 0 Å². The molecule has 4 heterocycles. The van der Waals surface area contributed by atoms with Crippen LogP contribution in [0.15, 0.2) is 40.8 Å². The molecule has 2 aromatic heterocycles. The van der Waals surface area contributed by atoms with Crippen molar-refractivity contribution in [2.24, 2.45) is 0 Å². The number of rotatable bonds is 3. The van der Waals surface area contributed by atoms with Crippen LogP contribution in [0.2, 0.25) is 0 Å². The van der Waals surface area contributed by atoms with E-state index in [0.29, 0.717) is 17.6 Å². The Morgan fingerprint density at radius 3 is 2.72 bits per heavy atom. The maximum absolute atomic E-state index is 13.2. The molecule has 7 heteroatoms. The highest BCUT2D eigenvalue weighted by Crippen LogP contribution is 2.41. The van der Waals surface area contributed by atoms with Crippen LogP contribution >= 0.6 is 11.3 Å². The number of amides is 1. The zero-order valence-electron chi connectivity index (χ0n) is 16.3. The quantitative estimate of drug-likeness (QED) is 0.652. The summed E-state index contributed by atoms with van der Waals surface area (Å²) in [5.74, 6) is 0.921. The molecule has 1 amide bonds. The van der Waals surface area contributed by atoms with Gasteiger partial charge in [0, 0.05) is 29.6 Å². The van der Waals surface area contributed by atoms with E-state index in [4.69, 9.17) is 4.42 Å². The number of carbonyl (C=O) groups is 1. The molecule has 0 spiro atoms. The van der Waals surface area contributed by atoms with Crippen molar-refractivity contribution in [3.8, 4) is 11.3 Å². The van der Waals surface area contributed by atoms with Crippen molar-refractivity contribution in [1.82, 2.24) is 10.2 Å². The molecule has 1 atom stereocenters. The van der Waals surface area contributed by atoms with Crippen LogP contribution in [0.25, 0.3) is 11.3 Å². The van der Waals surface area contributed by atoms with Gasteiger partial charge in [0.25, 0.3) is 5.91 Å². The van der Waals surface area contributed by atoms with E-state index < -0.39 is 6.17 Å². The summed E-state index contributed by atoms with van der Waals surface area (Å²) < 4.78 is 19.1. The molecule has 5 rings (SSSR count). The minimum atomic E-state index is -0.425. The summed E-state index contributed by atoms with van der Waals surface area (Å²) >= 11 is 1.67. The second-order valence-electron chi connectivity index (χ2n) is 7.78. The van der Waals surface area contributed by atoms with Gasteiger partial charge in [0.15, 0.2) is 6.17 Å². The van der Waals surface area contributed by atoms with Crippen LogP contribution in [0, 0.1) is 5.82 Å². The number of fused-ring (bicyclic) bond motifs is 3. The molecule has 0 saturated heterocycles. The molecule has 0 bridgehead atoms. The Bertz CT molecular complexity index is 1070. The van der Waals surface area contributed by atoms with Crippen LogP contribution < -0.4 is 10.6 Å². The molecule has 0 saturated carbocycles. The van der Waals surface area contributed by atoms with Gasteiger partial charge in [-0.25, -0.2) is 4.39 Å². The molecule has 0 aliphatic carbocycles. The van der Waals surface area contributed by atoms with Crippen molar-refractivity contribution >= 4 is 22.2 Å². The topological polar surface area (TPSA) is 57.5 Å². The van der Waals surface area contributed by atoms with E-state index in [0.717, 1.165) is 35.6 Å². The first-order valence-corrected chi connectivity index (χ1v) is 10.6. The summed E-state index contributed by atoms with van der Waals surface area (Å²) in [6, 6.07) is 10.3. The van der Waals surface area contributed by atoms with Crippen molar-refractivity contribution in [1.29, 1.82) is 0 Å². The number of anilines is 1. The predicted molar refractivity (Wildman–Crippen MR) is 112 cm³/mol. The molecule has 2 aliphatic heterocycles. The van der Waals surface area contributed by atoms with Crippen LogP contribution in [0.4, 0.5) is 9.39 Å². The number of carbonyl (C=O) groups excluding carboxylic acids is 1. The van der Waals surface area contributed by atoms with Crippen LogP contribution in [-0.2, 0) is 13.0 Å². The lowest BCUT2D eigenvalue weighted by Gasteiger charge is -2.30. The monoisotopic (exact) mass is 411 g/mol. The highest BCUT2D eigenvalue weighted by Gasteiger charge is 2.34. The van der Waals surface area contributed by atoms with Crippen LogP contribution in [0.5, 0.6) is 0 Å². The van der Waals surface area contributed by atoms with Crippen molar-refractivity contribution in [3.63, 3.8) is 0 Å². The van der Waals surface area contributed by atoms with Crippen molar-refractivity contribution in [2.45, 2.75) is 39.0 Å². The maximum atomic E-state index is 13.2. The number of nitrogens with zero attached hydrogens (tertiary/aromatic N) is 1. The van der Waals surface area contributed by atoms with E-state index in [2.05, 4.69) is 29.4 Å². The molecule has 1 aromatic carbocycles. The Labute approximate surface area is 172 Å². The fourth-order valence-electron chi connectivity index (χ4n) is 4.00. The Balaban J connectivity index is 1.41. The van der Waals surface area contributed by atoms with E-state index in [9.17, 15) is 9.18 Å². The minimum Gasteiger partial charge on any atom is -0.457 e. The SMILES string of the molecule is CC(C)N1CCc2c(sc3c2C(=O)N[C@@H](c2ccc(-c4ccc(F)cc4)o2)N3)C1. The summed E-state index contributed by atoms with van der Waals surface area (Å²) in [7, 11) is 0. The first kappa shape index (κ1) is 18.4. The van der Waals surface area contributed by atoms with Gasteiger partial charge in [-0.3, -0.25) is 9.69 Å². The first-order valence-electron chi connectivity index (χ1n) is 9.81. The summed E-state index contributed by atoms with van der Waals surface area (Å²) in [5.41, 5.74) is 2.76. The Hall–Kier alpha value is -2.64. The summed E-state index contributed by atoms with van der Waals surface area (Å²) in [6.45, 7) is 6.27. The Morgan fingerprint density at radius 2 is 1.97 bits per heavy atom. The van der Waals surface area contributed by atoms with E-state index in [1.54, 1.807) is 23.5 Å². The van der Waals surface area contributed by atoms with Gasteiger partial charge in [0.05, 0.1) is 5.56 Å². The number of hydrogen-bond acceptors (Lipinski definition) is 5. The van der Waals surface area contributed by atoms with Gasteiger partial charge in [-0.05, 0) is 62.2 Å². The Kier molecular flexibility index (Phi) is 4.44. The predicted octanol–water partition coefficient (Wildman–Crippen LogP) is 4.77. The number of furan rings is 1. The zero-order chi connectivity index (χ0) is 20.1. The molecule has 5 nitrogen and oxygen atoms in total. The average molecular weight is 412 g/mol. The van der Waals surface area contributed by atoms with E-state index in [1.165, 1.54) is 22.6 Å². The number of nitrogens with one attached hydrogen (secondary N) is 2. The molecule has 0 radical (unpaired) electrons. The number of thiophene rings is 1. The van der Waals surface area contributed by atoms with Crippen LogP contribution in [-0.4, -0.2) is 23.4 Å². The molecule has 0 fully saturated rings. The number of benzene rings is 1. The molecule has 150 valence electrons. The standard InChI is InChI=1S/C22H22FN3O2S/c1-12(2)26-10-9-15-18(11-26)29-22-19(15)21(27)24-20(25-22)17-8-7-16(28-17)13-3-5-14(23)6-4-13/h3-8,12,20,25H,9-11H2,1-2H3,(H,24,27)/t20-/m1/s1. The van der Waals surface area contributed by atoms with Crippen molar-refractivity contribution < 1.29 is 13.6 Å². The van der Waals surface area contributed by atoms with E-state index >= 15 is 0 Å². The molecular formula is C22H22FN3O2S. The number of hydrogen-bond donors (Lipinski definition) is 2. The highest BCUT2D eigenvalue weighted by molar-refractivity contribution is 7.16. The third-order valence-electron chi connectivity index (χ3n) is 5.63. The first-order chi connectivity index (χ1) is 14.0. The molecule has 0 unspecified atom stereocenters. The smallest absolute Gasteiger partial charge is 0.256 e. The molecule has 3 aromatic rings.